The Balaban J connectivity index is 1.64. The van der Waals surface area contributed by atoms with Crippen molar-refractivity contribution in [1.82, 2.24) is 14.8 Å². The van der Waals surface area contributed by atoms with Crippen molar-refractivity contribution in [2.45, 2.75) is 30.9 Å². The molecule has 0 aliphatic carbocycles. The molecule has 0 bridgehead atoms. The molecule has 3 heterocycles. The summed E-state index contributed by atoms with van der Waals surface area (Å²) in [7, 11) is 0. The van der Waals surface area contributed by atoms with Crippen LogP contribution in [0.3, 0.4) is 0 Å². The molecule has 0 spiro atoms. The highest BCUT2D eigenvalue weighted by molar-refractivity contribution is 5.94. The number of alkyl halides is 2. The minimum atomic E-state index is -2.60. The van der Waals surface area contributed by atoms with E-state index in [0.29, 0.717) is 12.1 Å². The molecule has 0 radical (unpaired) electrons. The zero-order chi connectivity index (χ0) is 15.7. The molecule has 0 aromatic carbocycles. The van der Waals surface area contributed by atoms with Crippen molar-refractivity contribution >= 4 is 5.91 Å². The van der Waals surface area contributed by atoms with E-state index in [4.69, 9.17) is 0 Å². The Kier molecular flexibility index (Phi) is 4.10. The number of carbonyl (C=O) groups is 1. The third-order valence-corrected chi connectivity index (χ3v) is 4.47. The number of hydrogen-bond acceptors (Lipinski definition) is 4. The number of aliphatic hydroxyl groups is 1. The van der Waals surface area contributed by atoms with Crippen LogP contribution in [-0.4, -0.2) is 70.0 Å². The Labute approximate surface area is 127 Å². The summed E-state index contributed by atoms with van der Waals surface area (Å²) in [6.07, 6.45) is 2.02. The molecule has 5 nitrogen and oxygen atoms in total. The second-order valence-corrected chi connectivity index (χ2v) is 5.97. The van der Waals surface area contributed by atoms with Crippen LogP contribution in [0.15, 0.2) is 24.5 Å². The summed E-state index contributed by atoms with van der Waals surface area (Å²) in [5.74, 6) is -2.77. The van der Waals surface area contributed by atoms with E-state index in [-0.39, 0.29) is 44.4 Å². The molecule has 2 atom stereocenters. The van der Waals surface area contributed by atoms with Crippen LogP contribution < -0.4 is 0 Å². The smallest absolute Gasteiger partial charge is 0.254 e. The Morgan fingerprint density at radius 2 is 1.86 bits per heavy atom. The number of likely N-dealkylation sites (tertiary alicyclic amines) is 2. The largest absolute Gasteiger partial charge is 0.390 e. The number of nitrogens with zero attached hydrogens (tertiary/aromatic N) is 3. The van der Waals surface area contributed by atoms with Crippen molar-refractivity contribution in [3.8, 4) is 0 Å². The average molecular weight is 311 g/mol. The maximum Gasteiger partial charge on any atom is 0.254 e. The fraction of sp³-hybridized carbons (Fsp3) is 0.600. The summed E-state index contributed by atoms with van der Waals surface area (Å²) in [6, 6.07) is 2.99. The predicted octanol–water partition coefficient (Wildman–Crippen LogP) is 0.998. The van der Waals surface area contributed by atoms with Gasteiger partial charge in [-0.1, -0.05) is 0 Å². The number of aromatic nitrogens is 1. The van der Waals surface area contributed by atoms with Gasteiger partial charge in [0.05, 0.1) is 12.1 Å². The van der Waals surface area contributed by atoms with Crippen molar-refractivity contribution in [3.63, 3.8) is 0 Å². The van der Waals surface area contributed by atoms with Crippen LogP contribution in [0, 0.1) is 0 Å². The van der Waals surface area contributed by atoms with Gasteiger partial charge in [0.15, 0.2) is 0 Å². The molecule has 0 saturated carbocycles. The summed E-state index contributed by atoms with van der Waals surface area (Å²) in [5, 5.41) is 10.2. The van der Waals surface area contributed by atoms with Crippen LogP contribution in [0.5, 0.6) is 0 Å². The molecule has 2 aliphatic heterocycles. The third-order valence-electron chi connectivity index (χ3n) is 4.47. The third kappa shape index (κ3) is 3.10. The number of rotatable bonds is 2. The molecule has 2 aliphatic rings. The Bertz CT molecular complexity index is 531. The molecule has 1 aromatic rings. The van der Waals surface area contributed by atoms with E-state index < -0.39 is 12.0 Å². The number of β-amino-alcohol motifs (C(OH)–C–C–N with tert-alkyl or cyclic N) is 1. The van der Waals surface area contributed by atoms with Gasteiger partial charge in [0.2, 0.25) is 0 Å². The highest BCUT2D eigenvalue weighted by Gasteiger charge is 2.42. The van der Waals surface area contributed by atoms with Gasteiger partial charge in [0.1, 0.15) is 0 Å². The molecule has 1 aromatic heterocycles. The van der Waals surface area contributed by atoms with Gasteiger partial charge < -0.3 is 10.0 Å². The summed E-state index contributed by atoms with van der Waals surface area (Å²) < 4.78 is 26.5. The van der Waals surface area contributed by atoms with Crippen LogP contribution in [0.25, 0.3) is 0 Å². The number of carbonyl (C=O) groups excluding carboxylic acids is 1. The van der Waals surface area contributed by atoms with Crippen molar-refractivity contribution in [2.24, 2.45) is 0 Å². The molecule has 1 N–H and O–H groups in total. The van der Waals surface area contributed by atoms with E-state index in [0.717, 1.165) is 0 Å². The SMILES string of the molecule is O=C(c1ccncc1)N1C[C@@H](O)[C@H](N2CCC(F)(F)CC2)C1. The number of aliphatic hydroxyl groups excluding tert-OH is 1. The summed E-state index contributed by atoms with van der Waals surface area (Å²) in [5.41, 5.74) is 0.521. The monoisotopic (exact) mass is 311 g/mol. The lowest BCUT2D eigenvalue weighted by Crippen LogP contribution is -2.49. The molecule has 120 valence electrons. The number of halogens is 2. The molecule has 1 amide bonds. The number of pyridine rings is 1. The lowest BCUT2D eigenvalue weighted by atomic mass is 10.0. The van der Waals surface area contributed by atoms with E-state index in [2.05, 4.69) is 4.98 Å². The summed E-state index contributed by atoms with van der Waals surface area (Å²) >= 11 is 0. The lowest BCUT2D eigenvalue weighted by molar-refractivity contribution is -0.0697. The van der Waals surface area contributed by atoms with Crippen molar-refractivity contribution in [3.05, 3.63) is 30.1 Å². The Hall–Kier alpha value is -1.60. The molecular formula is C15H19F2N3O2. The average Bonchev–Trinajstić information content (AvgIpc) is 2.89. The maximum atomic E-state index is 13.2. The Morgan fingerprint density at radius 3 is 2.50 bits per heavy atom. The molecule has 2 saturated heterocycles. The second kappa shape index (κ2) is 5.89. The van der Waals surface area contributed by atoms with Gasteiger partial charge in [-0.3, -0.25) is 14.7 Å². The van der Waals surface area contributed by atoms with Crippen LogP contribution in [0.4, 0.5) is 8.78 Å². The van der Waals surface area contributed by atoms with Crippen molar-refractivity contribution in [1.29, 1.82) is 0 Å². The van der Waals surface area contributed by atoms with E-state index in [1.807, 2.05) is 4.90 Å². The number of hydrogen-bond donors (Lipinski definition) is 1. The molecule has 3 rings (SSSR count). The number of amides is 1. The first-order valence-corrected chi connectivity index (χ1v) is 7.45. The van der Waals surface area contributed by atoms with E-state index in [1.54, 1.807) is 29.4 Å². The van der Waals surface area contributed by atoms with E-state index in [9.17, 15) is 18.7 Å². The standard InChI is InChI=1S/C15H19F2N3O2/c16-15(17)3-7-19(8-4-15)12-9-20(10-13(12)21)14(22)11-1-5-18-6-2-11/h1-2,5-6,12-13,21H,3-4,7-10H2/t12-,13-/m1/s1. The molecule has 22 heavy (non-hydrogen) atoms. The van der Waals surface area contributed by atoms with Crippen LogP contribution in [-0.2, 0) is 0 Å². The van der Waals surface area contributed by atoms with Gasteiger partial charge in [-0.15, -0.1) is 0 Å². The van der Waals surface area contributed by atoms with Gasteiger partial charge in [-0.2, -0.15) is 0 Å². The minimum Gasteiger partial charge on any atom is -0.390 e. The van der Waals surface area contributed by atoms with Crippen LogP contribution in [0.1, 0.15) is 23.2 Å². The van der Waals surface area contributed by atoms with E-state index in [1.165, 1.54) is 0 Å². The molecule has 2 fully saturated rings. The van der Waals surface area contributed by atoms with Gasteiger partial charge in [-0.25, -0.2) is 8.78 Å². The normalized spacial score (nSPS) is 28.8. The zero-order valence-electron chi connectivity index (χ0n) is 12.2. The predicted molar refractivity (Wildman–Crippen MR) is 75.7 cm³/mol. The maximum absolute atomic E-state index is 13.2. The van der Waals surface area contributed by atoms with Crippen LogP contribution in [0.2, 0.25) is 0 Å². The van der Waals surface area contributed by atoms with Crippen molar-refractivity contribution < 1.29 is 18.7 Å². The summed E-state index contributed by atoms with van der Waals surface area (Å²) in [4.78, 5) is 19.7. The van der Waals surface area contributed by atoms with E-state index >= 15 is 0 Å². The van der Waals surface area contributed by atoms with Crippen LogP contribution >= 0.6 is 0 Å². The zero-order valence-corrected chi connectivity index (χ0v) is 12.2. The topological polar surface area (TPSA) is 56.7 Å². The lowest BCUT2D eigenvalue weighted by Gasteiger charge is -2.36. The Morgan fingerprint density at radius 1 is 1.23 bits per heavy atom. The van der Waals surface area contributed by atoms with Crippen molar-refractivity contribution in [2.75, 3.05) is 26.2 Å². The molecule has 7 heteroatoms. The first-order chi connectivity index (χ1) is 10.5. The molecule has 0 unspecified atom stereocenters. The first-order valence-electron chi connectivity index (χ1n) is 7.45. The highest BCUT2D eigenvalue weighted by Crippen LogP contribution is 2.30. The fourth-order valence-electron chi connectivity index (χ4n) is 3.15. The second-order valence-electron chi connectivity index (χ2n) is 5.97. The van der Waals surface area contributed by atoms with Gasteiger partial charge in [-0.05, 0) is 12.1 Å². The number of piperidine rings is 1. The molecular weight excluding hydrogens is 292 g/mol. The summed E-state index contributed by atoms with van der Waals surface area (Å²) in [6.45, 7) is 1.12. The quantitative estimate of drug-likeness (QED) is 0.885. The van der Waals surface area contributed by atoms with Gasteiger partial charge in [0.25, 0.3) is 11.8 Å². The minimum absolute atomic E-state index is 0.161. The first kappa shape index (κ1) is 15.3. The fourth-order valence-corrected chi connectivity index (χ4v) is 3.15. The highest BCUT2D eigenvalue weighted by atomic mass is 19.3. The van der Waals surface area contributed by atoms with Gasteiger partial charge >= 0.3 is 0 Å². The van der Waals surface area contributed by atoms with Gasteiger partial charge in [0, 0.05) is 57.0 Å².